The molecule has 0 aliphatic rings. The molecular formula is C11H16N2O. The molecule has 0 amide bonds. The SMILES string of the molecule is CNCC=Cc1ccc(N)cc1OC. The van der Waals surface area contributed by atoms with Crippen molar-refractivity contribution in [1.82, 2.24) is 5.32 Å². The van der Waals surface area contributed by atoms with Crippen molar-refractivity contribution in [2.75, 3.05) is 26.4 Å². The Kier molecular flexibility index (Phi) is 4.01. The zero-order valence-electron chi connectivity index (χ0n) is 8.58. The summed E-state index contributed by atoms with van der Waals surface area (Å²) in [6.07, 6.45) is 4.04. The van der Waals surface area contributed by atoms with Crippen molar-refractivity contribution in [3.05, 3.63) is 29.8 Å². The number of hydrogen-bond acceptors (Lipinski definition) is 3. The molecule has 0 aliphatic carbocycles. The fourth-order valence-corrected chi connectivity index (χ4v) is 1.17. The maximum Gasteiger partial charge on any atom is 0.128 e. The van der Waals surface area contributed by atoms with Crippen LogP contribution in [0.15, 0.2) is 24.3 Å². The first-order valence-corrected chi connectivity index (χ1v) is 4.52. The van der Waals surface area contributed by atoms with Crippen LogP contribution in [0, 0.1) is 0 Å². The third-order valence-electron chi connectivity index (χ3n) is 1.88. The molecule has 1 aromatic carbocycles. The summed E-state index contributed by atoms with van der Waals surface area (Å²) in [4.78, 5) is 0. The summed E-state index contributed by atoms with van der Waals surface area (Å²) in [7, 11) is 3.55. The monoisotopic (exact) mass is 192 g/mol. The lowest BCUT2D eigenvalue weighted by molar-refractivity contribution is 0.414. The Labute approximate surface area is 84.6 Å². The van der Waals surface area contributed by atoms with Gasteiger partial charge in [-0.2, -0.15) is 0 Å². The summed E-state index contributed by atoms with van der Waals surface area (Å²) in [5, 5.41) is 3.03. The van der Waals surface area contributed by atoms with Crippen LogP contribution in [0.3, 0.4) is 0 Å². The molecule has 0 fully saturated rings. The number of nitrogens with two attached hydrogens (primary N) is 1. The van der Waals surface area contributed by atoms with Crippen molar-refractivity contribution in [1.29, 1.82) is 0 Å². The molecule has 3 nitrogen and oxygen atoms in total. The zero-order chi connectivity index (χ0) is 10.4. The molecule has 1 rings (SSSR count). The van der Waals surface area contributed by atoms with Crippen LogP contribution in [0.1, 0.15) is 5.56 Å². The number of benzene rings is 1. The number of methoxy groups -OCH3 is 1. The van der Waals surface area contributed by atoms with Crippen LogP contribution in [-0.2, 0) is 0 Å². The second kappa shape index (κ2) is 5.29. The summed E-state index contributed by atoms with van der Waals surface area (Å²) < 4.78 is 5.21. The Morgan fingerprint density at radius 2 is 2.29 bits per heavy atom. The van der Waals surface area contributed by atoms with Gasteiger partial charge in [0.05, 0.1) is 7.11 Å². The molecule has 0 spiro atoms. The van der Waals surface area contributed by atoms with Crippen LogP contribution in [0.25, 0.3) is 6.08 Å². The van der Waals surface area contributed by atoms with Gasteiger partial charge in [0, 0.05) is 23.9 Å². The van der Waals surface area contributed by atoms with E-state index < -0.39 is 0 Å². The zero-order valence-corrected chi connectivity index (χ0v) is 8.58. The van der Waals surface area contributed by atoms with Crippen molar-refractivity contribution >= 4 is 11.8 Å². The normalized spacial score (nSPS) is 10.7. The smallest absolute Gasteiger partial charge is 0.128 e. The quantitative estimate of drug-likeness (QED) is 0.711. The Hall–Kier alpha value is -1.48. The molecule has 0 saturated heterocycles. The van der Waals surface area contributed by atoms with Crippen molar-refractivity contribution in [3.8, 4) is 5.75 Å². The van der Waals surface area contributed by atoms with Gasteiger partial charge in [-0.15, -0.1) is 0 Å². The molecule has 76 valence electrons. The number of hydrogen-bond donors (Lipinski definition) is 2. The number of rotatable bonds is 4. The van der Waals surface area contributed by atoms with E-state index in [2.05, 4.69) is 5.32 Å². The molecule has 0 bridgehead atoms. The fraction of sp³-hybridized carbons (Fsp3) is 0.273. The lowest BCUT2D eigenvalue weighted by Crippen LogP contribution is -2.03. The molecule has 0 aromatic heterocycles. The van der Waals surface area contributed by atoms with Gasteiger partial charge in [0.1, 0.15) is 5.75 Å². The van der Waals surface area contributed by atoms with Gasteiger partial charge < -0.3 is 15.8 Å². The highest BCUT2D eigenvalue weighted by Crippen LogP contribution is 2.22. The van der Waals surface area contributed by atoms with Gasteiger partial charge in [-0.3, -0.25) is 0 Å². The van der Waals surface area contributed by atoms with Crippen molar-refractivity contribution in [2.45, 2.75) is 0 Å². The maximum absolute atomic E-state index is 5.64. The third-order valence-corrected chi connectivity index (χ3v) is 1.88. The van der Waals surface area contributed by atoms with Gasteiger partial charge in [0.2, 0.25) is 0 Å². The van der Waals surface area contributed by atoms with Gasteiger partial charge >= 0.3 is 0 Å². The molecule has 0 saturated carbocycles. The third kappa shape index (κ3) is 2.78. The van der Waals surface area contributed by atoms with Crippen LogP contribution in [0.5, 0.6) is 5.75 Å². The van der Waals surface area contributed by atoms with E-state index in [1.165, 1.54) is 0 Å². The van der Waals surface area contributed by atoms with E-state index in [9.17, 15) is 0 Å². The summed E-state index contributed by atoms with van der Waals surface area (Å²) >= 11 is 0. The van der Waals surface area contributed by atoms with Crippen molar-refractivity contribution in [2.24, 2.45) is 0 Å². The first-order chi connectivity index (χ1) is 6.77. The second-order valence-electron chi connectivity index (χ2n) is 2.96. The topological polar surface area (TPSA) is 47.3 Å². The largest absolute Gasteiger partial charge is 0.496 e. The van der Waals surface area contributed by atoms with E-state index in [0.29, 0.717) is 5.69 Å². The van der Waals surface area contributed by atoms with E-state index >= 15 is 0 Å². The van der Waals surface area contributed by atoms with E-state index in [1.807, 2.05) is 37.4 Å². The second-order valence-corrected chi connectivity index (χ2v) is 2.96. The van der Waals surface area contributed by atoms with Gasteiger partial charge in [0.25, 0.3) is 0 Å². The van der Waals surface area contributed by atoms with Crippen molar-refractivity contribution in [3.63, 3.8) is 0 Å². The van der Waals surface area contributed by atoms with E-state index in [-0.39, 0.29) is 0 Å². The van der Waals surface area contributed by atoms with Crippen LogP contribution in [0.4, 0.5) is 5.69 Å². The minimum absolute atomic E-state index is 0.715. The minimum atomic E-state index is 0.715. The molecule has 3 heteroatoms. The number of nitrogens with one attached hydrogen (secondary N) is 1. The minimum Gasteiger partial charge on any atom is -0.496 e. The highest BCUT2D eigenvalue weighted by atomic mass is 16.5. The lowest BCUT2D eigenvalue weighted by Gasteiger charge is -2.05. The molecule has 0 heterocycles. The summed E-state index contributed by atoms with van der Waals surface area (Å²) in [6.45, 7) is 0.841. The molecule has 3 N–H and O–H groups in total. The average Bonchev–Trinajstić information content (AvgIpc) is 2.20. The Morgan fingerprint density at radius 3 is 2.93 bits per heavy atom. The predicted octanol–water partition coefficient (Wildman–Crippen LogP) is 1.51. The molecule has 0 radical (unpaired) electrons. The highest BCUT2D eigenvalue weighted by Gasteiger charge is 1.98. The van der Waals surface area contributed by atoms with Gasteiger partial charge in [-0.1, -0.05) is 12.2 Å². The maximum atomic E-state index is 5.64. The van der Waals surface area contributed by atoms with Gasteiger partial charge in [0.15, 0.2) is 0 Å². The Morgan fingerprint density at radius 1 is 1.50 bits per heavy atom. The molecule has 1 aromatic rings. The lowest BCUT2D eigenvalue weighted by atomic mass is 10.1. The standard InChI is InChI=1S/C11H16N2O/c1-13-7-3-4-9-5-6-10(12)8-11(9)14-2/h3-6,8,13H,7,12H2,1-2H3. The number of nitrogen functional groups attached to an aromatic ring is 1. The van der Waals surface area contributed by atoms with Crippen LogP contribution in [0.2, 0.25) is 0 Å². The van der Waals surface area contributed by atoms with E-state index in [1.54, 1.807) is 7.11 Å². The summed E-state index contributed by atoms with van der Waals surface area (Å²) in [5.41, 5.74) is 7.40. The van der Waals surface area contributed by atoms with Gasteiger partial charge in [-0.05, 0) is 19.2 Å². The predicted molar refractivity (Wildman–Crippen MR) is 60.4 cm³/mol. The first-order valence-electron chi connectivity index (χ1n) is 4.52. The Balaban J connectivity index is 2.85. The van der Waals surface area contributed by atoms with E-state index in [4.69, 9.17) is 10.5 Å². The average molecular weight is 192 g/mol. The molecule has 0 unspecified atom stereocenters. The summed E-state index contributed by atoms with van der Waals surface area (Å²) in [6, 6.07) is 5.63. The number of likely N-dealkylation sites (N-methyl/N-ethyl adjacent to an activating group) is 1. The first kappa shape index (κ1) is 10.6. The Bertz CT molecular complexity index is 321. The van der Waals surface area contributed by atoms with Crippen molar-refractivity contribution < 1.29 is 4.74 Å². The fourth-order valence-electron chi connectivity index (χ4n) is 1.17. The van der Waals surface area contributed by atoms with Crippen LogP contribution in [-0.4, -0.2) is 20.7 Å². The molecular weight excluding hydrogens is 176 g/mol. The molecule has 14 heavy (non-hydrogen) atoms. The van der Waals surface area contributed by atoms with Crippen LogP contribution < -0.4 is 15.8 Å². The van der Waals surface area contributed by atoms with E-state index in [0.717, 1.165) is 17.9 Å². The van der Waals surface area contributed by atoms with Gasteiger partial charge in [-0.25, -0.2) is 0 Å². The molecule has 0 aliphatic heterocycles. The number of ether oxygens (including phenoxy) is 1. The summed E-state index contributed by atoms with van der Waals surface area (Å²) in [5.74, 6) is 0.803. The molecule has 0 atom stereocenters. The van der Waals surface area contributed by atoms with Crippen LogP contribution >= 0.6 is 0 Å². The highest BCUT2D eigenvalue weighted by molar-refractivity contribution is 5.61. The number of anilines is 1.